The highest BCUT2D eigenvalue weighted by molar-refractivity contribution is 7.80. The van der Waals surface area contributed by atoms with Gasteiger partial charge in [-0.3, -0.25) is 4.98 Å². The number of nitrogens with zero attached hydrogens (tertiary/aromatic N) is 3. The van der Waals surface area contributed by atoms with Crippen LogP contribution in [0.25, 0.3) is 10.9 Å². The van der Waals surface area contributed by atoms with Gasteiger partial charge in [-0.15, -0.1) is 12.6 Å². The second-order valence-corrected chi connectivity index (χ2v) is 9.55. The van der Waals surface area contributed by atoms with E-state index in [0.29, 0.717) is 13.2 Å². The highest BCUT2D eigenvalue weighted by atomic mass is 32.1. The van der Waals surface area contributed by atoms with Crippen LogP contribution in [-0.4, -0.2) is 28.8 Å². The average molecular weight is 487 g/mol. The van der Waals surface area contributed by atoms with Gasteiger partial charge in [-0.2, -0.15) is 10.2 Å². The molecule has 0 unspecified atom stereocenters. The van der Waals surface area contributed by atoms with Crippen LogP contribution in [-0.2, 0) is 17.8 Å². The molecule has 0 aliphatic carbocycles. The molecule has 0 amide bonds. The zero-order valence-corrected chi connectivity index (χ0v) is 20.7. The molecule has 0 saturated heterocycles. The topological polar surface area (TPSA) is 86.7 Å². The van der Waals surface area contributed by atoms with Crippen LogP contribution in [0.15, 0.2) is 82.1 Å². The minimum absolute atomic E-state index is 0.148. The highest BCUT2D eigenvalue weighted by Crippen LogP contribution is 2.31. The average Bonchev–Trinajstić information content (AvgIpc) is 3.46. The summed E-state index contributed by atoms with van der Waals surface area (Å²) < 4.78 is 5.77. The van der Waals surface area contributed by atoms with Gasteiger partial charge < -0.3 is 20.4 Å². The molecule has 0 spiro atoms. The van der Waals surface area contributed by atoms with E-state index < -0.39 is 0 Å². The number of nitrogens with one attached hydrogen (secondary N) is 3. The lowest BCUT2D eigenvalue weighted by Crippen LogP contribution is -2.06. The van der Waals surface area contributed by atoms with Crippen LogP contribution in [0, 0.1) is 0 Å². The predicted octanol–water partition coefficient (Wildman–Crippen LogP) is 6.73. The third kappa shape index (κ3) is 6.41. The van der Waals surface area contributed by atoms with Crippen molar-refractivity contribution in [1.82, 2.24) is 9.97 Å². The molecule has 3 N–H and O–H groups in total. The van der Waals surface area contributed by atoms with Crippen molar-refractivity contribution in [2.24, 2.45) is 10.2 Å². The zero-order valence-electron chi connectivity index (χ0n) is 19.8. The van der Waals surface area contributed by atoms with Gasteiger partial charge in [0.1, 0.15) is 0 Å². The van der Waals surface area contributed by atoms with Crippen molar-refractivity contribution < 1.29 is 4.74 Å². The molecule has 0 radical (unpaired) electrons. The number of hydrogen-bond donors (Lipinski definition) is 4. The van der Waals surface area contributed by atoms with E-state index in [0.717, 1.165) is 59.0 Å². The summed E-state index contributed by atoms with van der Waals surface area (Å²) in [7, 11) is 0. The maximum absolute atomic E-state index is 5.77. The Balaban J connectivity index is 1.07. The van der Waals surface area contributed by atoms with Crippen LogP contribution >= 0.6 is 12.6 Å². The minimum Gasteiger partial charge on any atom is -0.385 e. The van der Waals surface area contributed by atoms with Gasteiger partial charge in [0.15, 0.2) is 5.66 Å². The maximum Gasteiger partial charge on any atom is 0.188 e. The molecule has 0 bridgehead atoms. The first kappa shape index (κ1) is 23.4. The van der Waals surface area contributed by atoms with Crippen molar-refractivity contribution in [3.63, 3.8) is 0 Å². The summed E-state index contributed by atoms with van der Waals surface area (Å²) in [5, 5.41) is 16.3. The van der Waals surface area contributed by atoms with Gasteiger partial charge in [-0.05, 0) is 80.3 Å². The summed E-state index contributed by atoms with van der Waals surface area (Å²) in [6.45, 7) is 4.08. The Morgan fingerprint density at radius 2 is 1.83 bits per heavy atom. The van der Waals surface area contributed by atoms with E-state index in [1.807, 2.05) is 31.3 Å². The van der Waals surface area contributed by atoms with E-state index in [4.69, 9.17) is 4.74 Å². The predicted molar refractivity (Wildman–Crippen MR) is 144 cm³/mol. The lowest BCUT2D eigenvalue weighted by atomic mass is 10.1. The molecule has 2 aromatic carbocycles. The monoisotopic (exact) mass is 486 g/mol. The summed E-state index contributed by atoms with van der Waals surface area (Å²) in [6.07, 6.45) is 6.72. The Bertz CT molecular complexity index is 1310. The van der Waals surface area contributed by atoms with Crippen molar-refractivity contribution in [3.8, 4) is 0 Å². The fourth-order valence-electron chi connectivity index (χ4n) is 4.07. The molecule has 0 fully saturated rings. The fourth-order valence-corrected chi connectivity index (χ4v) is 4.27. The fraction of sp³-hybridized carbons (Fsp3) is 0.296. The number of rotatable bonds is 12. The second kappa shape index (κ2) is 10.5. The van der Waals surface area contributed by atoms with Gasteiger partial charge in [0.2, 0.25) is 0 Å². The van der Waals surface area contributed by atoms with E-state index >= 15 is 0 Å². The van der Waals surface area contributed by atoms with E-state index in [1.54, 1.807) is 0 Å². The summed E-state index contributed by atoms with van der Waals surface area (Å²) >= 11 is 4.41. The summed E-state index contributed by atoms with van der Waals surface area (Å²) in [4.78, 5) is 8.72. The Morgan fingerprint density at radius 1 is 1.00 bits per heavy atom. The number of fused-ring (bicyclic) bond motifs is 1. The van der Waals surface area contributed by atoms with Crippen molar-refractivity contribution >= 4 is 40.6 Å². The standard InChI is InChI=1S/C27H30N6OS/c1-27(32-33-27)11-2-14-34-18-23-15-22(10-13-29-23)31-21-5-3-20(4-6-21)28-12-9-19-17-30-26-16-24(35)7-8-25(19)26/h3-8,10,13,15-17,28,30,35H,2,9,11-12,14,18H2,1H3,(H,29,31). The molecule has 5 rings (SSSR count). The van der Waals surface area contributed by atoms with Gasteiger partial charge in [-0.25, -0.2) is 0 Å². The van der Waals surface area contributed by atoms with Crippen LogP contribution in [0.1, 0.15) is 31.0 Å². The molecule has 0 atom stereocenters. The van der Waals surface area contributed by atoms with Crippen molar-refractivity contribution in [2.45, 2.75) is 43.4 Å². The molecule has 35 heavy (non-hydrogen) atoms. The van der Waals surface area contributed by atoms with Crippen LogP contribution in [0.4, 0.5) is 17.1 Å². The first-order chi connectivity index (χ1) is 17.1. The lowest BCUT2D eigenvalue weighted by molar-refractivity contribution is 0.113. The van der Waals surface area contributed by atoms with Gasteiger partial charge in [-0.1, -0.05) is 6.07 Å². The van der Waals surface area contributed by atoms with E-state index in [1.165, 1.54) is 10.9 Å². The Kier molecular flexibility index (Phi) is 7.01. The number of H-pyrrole nitrogens is 1. The lowest BCUT2D eigenvalue weighted by Gasteiger charge is -2.11. The quantitative estimate of drug-likeness (QED) is 0.132. The largest absolute Gasteiger partial charge is 0.385 e. The smallest absolute Gasteiger partial charge is 0.188 e. The summed E-state index contributed by atoms with van der Waals surface area (Å²) in [5.41, 5.74) is 6.30. The Hall–Kier alpha value is -3.36. The molecule has 2 aromatic heterocycles. The zero-order chi connectivity index (χ0) is 24.1. The molecule has 4 aromatic rings. The third-order valence-electron chi connectivity index (χ3n) is 6.10. The number of anilines is 3. The van der Waals surface area contributed by atoms with E-state index in [9.17, 15) is 0 Å². The van der Waals surface area contributed by atoms with Gasteiger partial charge >= 0.3 is 0 Å². The van der Waals surface area contributed by atoms with Gasteiger partial charge in [0.05, 0.1) is 12.3 Å². The maximum atomic E-state index is 5.77. The van der Waals surface area contributed by atoms with Crippen LogP contribution < -0.4 is 10.6 Å². The molecular formula is C27H30N6OS. The highest BCUT2D eigenvalue weighted by Gasteiger charge is 2.32. The van der Waals surface area contributed by atoms with Crippen molar-refractivity contribution in [1.29, 1.82) is 0 Å². The SMILES string of the molecule is CC1(CCCOCc2cc(Nc3ccc(NCCc4c[nH]c5cc(S)ccc45)cc3)ccn2)N=N1. The number of thiol groups is 1. The van der Waals surface area contributed by atoms with Crippen molar-refractivity contribution in [3.05, 3.63) is 78.2 Å². The molecule has 0 saturated carbocycles. The number of ether oxygens (including phenoxy) is 1. The molecule has 1 aliphatic rings. The van der Waals surface area contributed by atoms with E-state index in [-0.39, 0.29) is 5.66 Å². The second-order valence-electron chi connectivity index (χ2n) is 9.03. The Morgan fingerprint density at radius 3 is 2.66 bits per heavy atom. The van der Waals surface area contributed by atoms with E-state index in [2.05, 4.69) is 86.1 Å². The van der Waals surface area contributed by atoms with Gasteiger partial charge in [0.25, 0.3) is 0 Å². The van der Waals surface area contributed by atoms with Crippen LogP contribution in [0.3, 0.4) is 0 Å². The molecule has 180 valence electrons. The number of aromatic amines is 1. The van der Waals surface area contributed by atoms with Crippen molar-refractivity contribution in [2.75, 3.05) is 23.8 Å². The number of pyridine rings is 1. The molecule has 3 heterocycles. The molecular weight excluding hydrogens is 456 g/mol. The minimum atomic E-state index is -0.148. The normalized spacial score (nSPS) is 13.8. The number of hydrogen-bond acceptors (Lipinski definition) is 7. The molecule has 8 heteroatoms. The van der Waals surface area contributed by atoms with Crippen LogP contribution in [0.2, 0.25) is 0 Å². The molecule has 7 nitrogen and oxygen atoms in total. The first-order valence-corrected chi connectivity index (χ1v) is 12.4. The van der Waals surface area contributed by atoms with Crippen LogP contribution in [0.5, 0.6) is 0 Å². The molecule has 1 aliphatic heterocycles. The third-order valence-corrected chi connectivity index (χ3v) is 6.37. The summed E-state index contributed by atoms with van der Waals surface area (Å²) in [5.74, 6) is 0. The number of benzene rings is 2. The first-order valence-electron chi connectivity index (χ1n) is 11.9. The number of aromatic nitrogens is 2. The van der Waals surface area contributed by atoms with Gasteiger partial charge in [0, 0.05) is 58.4 Å². The Labute approximate surface area is 210 Å². The summed E-state index contributed by atoms with van der Waals surface area (Å²) in [6, 6.07) is 18.5.